The number of aliphatic carboxylic acids is 1. The number of carboxylic acid groups (broad SMARTS) is 1. The van der Waals surface area contributed by atoms with Crippen LogP contribution in [-0.4, -0.2) is 58.5 Å². The highest BCUT2D eigenvalue weighted by atomic mass is 16.5. The van der Waals surface area contributed by atoms with Crippen molar-refractivity contribution < 1.29 is 34.4 Å². The maximum absolute atomic E-state index is 12.3. The van der Waals surface area contributed by atoms with Gasteiger partial charge in [-0.1, -0.05) is 20.8 Å². The van der Waals surface area contributed by atoms with Crippen molar-refractivity contribution in [1.29, 1.82) is 0 Å². The molecule has 0 spiro atoms. The number of esters is 1. The van der Waals surface area contributed by atoms with E-state index < -0.39 is 18.2 Å². The highest BCUT2D eigenvalue weighted by molar-refractivity contribution is 5.80. The Kier molecular flexibility index (Phi) is 8.30. The van der Waals surface area contributed by atoms with Gasteiger partial charge in [-0.05, 0) is 97.7 Å². The number of carbonyl (C=O) groups is 3. The molecule has 9 unspecified atom stereocenters. The van der Waals surface area contributed by atoms with Crippen LogP contribution in [0.25, 0.3) is 0 Å². The largest absolute Gasteiger partial charge is 0.481 e. The maximum Gasteiger partial charge on any atom is 0.305 e. The van der Waals surface area contributed by atoms with Gasteiger partial charge in [0.1, 0.15) is 0 Å². The highest BCUT2D eigenvalue weighted by Crippen LogP contribution is 2.68. The number of aliphatic hydroxyl groups is 2. The van der Waals surface area contributed by atoms with Crippen molar-refractivity contribution in [3.05, 3.63) is 0 Å². The molecule has 1 amide bonds. The molecule has 0 aromatic carbocycles. The lowest BCUT2D eigenvalue weighted by Gasteiger charge is -2.63. The fourth-order valence-corrected chi connectivity index (χ4v) is 9.45. The number of fused-ring (bicyclic) bond motifs is 5. The fourth-order valence-electron chi connectivity index (χ4n) is 9.45. The van der Waals surface area contributed by atoms with E-state index in [4.69, 9.17) is 9.84 Å². The number of hydrogen-bond donors (Lipinski definition) is 4. The van der Waals surface area contributed by atoms with Crippen molar-refractivity contribution in [3.8, 4) is 0 Å². The minimum absolute atomic E-state index is 0.00306. The van der Waals surface area contributed by atoms with E-state index in [1.54, 1.807) is 0 Å². The highest BCUT2D eigenvalue weighted by Gasteiger charge is 2.65. The second kappa shape index (κ2) is 10.8. The minimum Gasteiger partial charge on any atom is -0.481 e. The van der Waals surface area contributed by atoms with Gasteiger partial charge in [-0.15, -0.1) is 0 Å². The smallest absolute Gasteiger partial charge is 0.305 e. The molecule has 4 rings (SSSR count). The zero-order valence-electron chi connectivity index (χ0n) is 22.9. The molecule has 210 valence electrons. The molecule has 11 atom stereocenters. The van der Waals surface area contributed by atoms with Gasteiger partial charge >= 0.3 is 11.9 Å². The molecule has 0 aliphatic heterocycles. The Labute approximate surface area is 220 Å². The third-order valence-electron chi connectivity index (χ3n) is 11.5. The van der Waals surface area contributed by atoms with Gasteiger partial charge in [-0.25, -0.2) is 0 Å². The molecule has 37 heavy (non-hydrogen) atoms. The Bertz CT molecular complexity index is 878. The maximum atomic E-state index is 12.3. The molecule has 4 aliphatic rings. The molecule has 0 radical (unpaired) electrons. The first kappa shape index (κ1) is 28.3. The zero-order chi connectivity index (χ0) is 27.1. The average molecular weight is 522 g/mol. The Morgan fingerprint density at radius 1 is 1.00 bits per heavy atom. The Balaban J connectivity index is 1.47. The van der Waals surface area contributed by atoms with Crippen molar-refractivity contribution in [2.24, 2.45) is 46.3 Å². The molecule has 4 fully saturated rings. The Morgan fingerprint density at radius 2 is 1.73 bits per heavy atom. The molecule has 0 aromatic rings. The van der Waals surface area contributed by atoms with Crippen LogP contribution >= 0.6 is 0 Å². The number of carboxylic acids is 1. The van der Waals surface area contributed by atoms with Gasteiger partial charge in [-0.3, -0.25) is 14.4 Å². The molecule has 0 saturated heterocycles. The number of hydrogen-bond acceptors (Lipinski definition) is 6. The van der Waals surface area contributed by atoms with Crippen LogP contribution in [0.4, 0.5) is 0 Å². The van der Waals surface area contributed by atoms with E-state index in [1.807, 2.05) is 0 Å². The van der Waals surface area contributed by atoms with Crippen LogP contribution in [0.3, 0.4) is 0 Å². The van der Waals surface area contributed by atoms with Crippen LogP contribution in [0.15, 0.2) is 0 Å². The summed E-state index contributed by atoms with van der Waals surface area (Å²) in [6.07, 6.45) is 6.10. The van der Waals surface area contributed by atoms with Crippen LogP contribution in [0.1, 0.15) is 91.4 Å². The quantitative estimate of drug-likeness (QED) is 0.359. The number of carbonyl (C=O) groups excluding carboxylic acids is 2. The van der Waals surface area contributed by atoms with Crippen LogP contribution in [0, 0.1) is 46.3 Å². The summed E-state index contributed by atoms with van der Waals surface area (Å²) >= 11 is 0. The van der Waals surface area contributed by atoms with E-state index in [9.17, 15) is 24.6 Å². The SMILES string of the molecule is COC(=O)CCC(C)C1CCC2C3C(O)CC4CC(NC(=O)CCC(=O)O)CC[C@]4(C)C3CC(O)[C@]12C. The first-order chi connectivity index (χ1) is 17.4. The van der Waals surface area contributed by atoms with E-state index >= 15 is 0 Å². The Hall–Kier alpha value is -1.67. The van der Waals surface area contributed by atoms with Gasteiger partial charge in [0.25, 0.3) is 0 Å². The van der Waals surface area contributed by atoms with E-state index in [1.165, 1.54) is 7.11 Å². The molecule has 8 nitrogen and oxygen atoms in total. The van der Waals surface area contributed by atoms with Gasteiger partial charge in [-0.2, -0.15) is 0 Å². The van der Waals surface area contributed by atoms with E-state index in [2.05, 4.69) is 26.1 Å². The summed E-state index contributed by atoms with van der Waals surface area (Å²) in [6.45, 7) is 6.76. The number of rotatable bonds is 8. The molecule has 4 aliphatic carbocycles. The Morgan fingerprint density at radius 3 is 2.41 bits per heavy atom. The predicted molar refractivity (Wildman–Crippen MR) is 137 cm³/mol. The van der Waals surface area contributed by atoms with Crippen molar-refractivity contribution in [2.45, 2.75) is 110 Å². The van der Waals surface area contributed by atoms with Gasteiger partial charge in [0.05, 0.1) is 25.7 Å². The van der Waals surface area contributed by atoms with Gasteiger partial charge in [0.2, 0.25) is 5.91 Å². The van der Waals surface area contributed by atoms with Gasteiger partial charge in [0.15, 0.2) is 0 Å². The zero-order valence-corrected chi connectivity index (χ0v) is 22.9. The lowest BCUT2D eigenvalue weighted by molar-refractivity contribution is -0.202. The number of ether oxygens (including phenoxy) is 1. The summed E-state index contributed by atoms with van der Waals surface area (Å²) in [4.78, 5) is 34.8. The van der Waals surface area contributed by atoms with Gasteiger partial charge in [0, 0.05) is 18.9 Å². The topological polar surface area (TPSA) is 133 Å². The summed E-state index contributed by atoms with van der Waals surface area (Å²) in [5.74, 6) is 0.151. The van der Waals surface area contributed by atoms with Gasteiger partial charge < -0.3 is 25.4 Å². The first-order valence-corrected chi connectivity index (χ1v) is 14.4. The van der Waals surface area contributed by atoms with Crippen molar-refractivity contribution >= 4 is 17.8 Å². The van der Waals surface area contributed by atoms with E-state index in [-0.39, 0.29) is 65.3 Å². The van der Waals surface area contributed by atoms with Crippen molar-refractivity contribution in [1.82, 2.24) is 5.32 Å². The fraction of sp³-hybridized carbons (Fsp3) is 0.897. The molecular formula is C29H47NO7. The molecule has 4 N–H and O–H groups in total. The monoisotopic (exact) mass is 521 g/mol. The number of methoxy groups -OCH3 is 1. The summed E-state index contributed by atoms with van der Waals surface area (Å²) in [7, 11) is 1.42. The van der Waals surface area contributed by atoms with Crippen LogP contribution in [0.2, 0.25) is 0 Å². The van der Waals surface area contributed by atoms with E-state index in [0.29, 0.717) is 31.1 Å². The molecule has 4 saturated carbocycles. The van der Waals surface area contributed by atoms with Crippen molar-refractivity contribution in [3.63, 3.8) is 0 Å². The third-order valence-corrected chi connectivity index (χ3v) is 11.5. The standard InChI is InChI=1S/C29H47NO7/c1-16(5-10-26(36)37-4)19-6-7-20-27-21(15-23(32)29(19,20)3)28(2)12-11-18(13-17(28)14-22(27)31)30-24(33)8-9-25(34)35/h16-23,27,31-32H,5-15H2,1-4H3,(H,30,33)(H,34,35)/t16?,17?,18?,19?,20?,21?,22?,23?,27?,28-,29+/m0/s1. The normalized spacial score (nSPS) is 43.6. The van der Waals surface area contributed by atoms with Crippen LogP contribution in [0.5, 0.6) is 0 Å². The average Bonchev–Trinajstić information content (AvgIpc) is 3.21. The third kappa shape index (κ3) is 5.17. The first-order valence-electron chi connectivity index (χ1n) is 14.4. The van der Waals surface area contributed by atoms with E-state index in [0.717, 1.165) is 38.5 Å². The lowest BCUT2D eigenvalue weighted by atomic mass is 9.43. The summed E-state index contributed by atoms with van der Waals surface area (Å²) in [5, 5.41) is 35.2. The number of aliphatic hydroxyl groups excluding tert-OH is 2. The second-order valence-electron chi connectivity index (χ2n) is 13.1. The number of nitrogens with one attached hydrogen (secondary N) is 1. The minimum atomic E-state index is -0.970. The molecule has 0 bridgehead atoms. The van der Waals surface area contributed by atoms with Crippen molar-refractivity contribution in [2.75, 3.05) is 7.11 Å². The lowest BCUT2D eigenvalue weighted by Crippen LogP contribution is -2.63. The predicted octanol–water partition coefficient (Wildman–Crippen LogP) is 3.53. The summed E-state index contributed by atoms with van der Waals surface area (Å²) < 4.78 is 4.84. The summed E-state index contributed by atoms with van der Waals surface area (Å²) in [6, 6.07) is 0.00780. The van der Waals surface area contributed by atoms with Crippen LogP contribution < -0.4 is 5.32 Å². The second-order valence-corrected chi connectivity index (χ2v) is 13.1. The number of amides is 1. The molecule has 8 heteroatoms. The molecular weight excluding hydrogens is 474 g/mol. The molecule has 0 aromatic heterocycles. The van der Waals surface area contributed by atoms with Crippen LogP contribution in [-0.2, 0) is 19.1 Å². The summed E-state index contributed by atoms with van der Waals surface area (Å²) in [5.41, 5.74) is -0.265. The molecule has 0 heterocycles.